The van der Waals surface area contributed by atoms with Crippen molar-refractivity contribution < 1.29 is 0 Å². The van der Waals surface area contributed by atoms with E-state index in [1.54, 1.807) is 6.07 Å². The number of hydrogen-bond donors (Lipinski definition) is 1. The van der Waals surface area contributed by atoms with Crippen molar-refractivity contribution in [3.8, 4) is 22.4 Å². The summed E-state index contributed by atoms with van der Waals surface area (Å²) in [5, 5.41) is 0.928. The van der Waals surface area contributed by atoms with Crippen LogP contribution in [-0.4, -0.2) is 15.0 Å². The van der Waals surface area contributed by atoms with E-state index in [1.807, 2.05) is 49.4 Å². The Labute approximate surface area is 163 Å². The van der Waals surface area contributed by atoms with Crippen molar-refractivity contribution in [2.24, 2.45) is 0 Å². The van der Waals surface area contributed by atoms with Crippen LogP contribution in [0.1, 0.15) is 5.69 Å². The number of aryl methyl sites for hydroxylation is 1. The Kier molecular flexibility index (Phi) is 4.34. The number of aromatic nitrogens is 3. The van der Waals surface area contributed by atoms with Crippen LogP contribution in [0.2, 0.25) is 5.15 Å². The zero-order valence-corrected chi connectivity index (χ0v) is 16.1. The molecule has 3 aromatic heterocycles. The number of rotatable bonds is 2. The number of aromatic amines is 1. The van der Waals surface area contributed by atoms with E-state index in [0.29, 0.717) is 20.8 Å². The first-order chi connectivity index (χ1) is 12.5. The lowest BCUT2D eigenvalue weighted by atomic mass is 9.98. The molecule has 0 atom stereocenters. The largest absolute Gasteiger partial charge is 0.334 e. The molecule has 26 heavy (non-hydrogen) atoms. The van der Waals surface area contributed by atoms with Crippen molar-refractivity contribution in [1.29, 1.82) is 0 Å². The molecule has 0 amide bonds. The second-order valence-corrected chi connectivity index (χ2v) is 7.19. The van der Waals surface area contributed by atoms with Gasteiger partial charge < -0.3 is 4.98 Å². The van der Waals surface area contributed by atoms with Gasteiger partial charge >= 0.3 is 0 Å². The second-order valence-electron chi connectivity index (χ2n) is 5.95. The van der Waals surface area contributed by atoms with E-state index in [2.05, 4.69) is 25.9 Å². The highest BCUT2D eigenvalue weighted by atomic mass is 79.9. The summed E-state index contributed by atoms with van der Waals surface area (Å²) in [5.41, 5.74) is 4.67. The minimum Gasteiger partial charge on any atom is -0.334 e. The zero-order valence-electron chi connectivity index (χ0n) is 13.8. The molecule has 0 saturated carbocycles. The molecular weight excluding hydrogens is 414 g/mol. The molecule has 4 nitrogen and oxygen atoms in total. The van der Waals surface area contributed by atoms with Gasteiger partial charge in [0, 0.05) is 22.9 Å². The van der Waals surface area contributed by atoms with Crippen molar-refractivity contribution >= 4 is 38.6 Å². The number of H-pyrrole nitrogens is 1. The Morgan fingerprint density at radius 2 is 1.77 bits per heavy atom. The summed E-state index contributed by atoms with van der Waals surface area (Å²) in [7, 11) is 0. The molecule has 3 heterocycles. The molecule has 0 spiro atoms. The summed E-state index contributed by atoms with van der Waals surface area (Å²) in [6.07, 6.45) is 0. The van der Waals surface area contributed by atoms with E-state index >= 15 is 0 Å². The summed E-state index contributed by atoms with van der Waals surface area (Å²) < 4.78 is 0.595. The zero-order chi connectivity index (χ0) is 18.3. The lowest BCUT2D eigenvalue weighted by Gasteiger charge is -2.12. The molecule has 1 aromatic carbocycles. The van der Waals surface area contributed by atoms with Gasteiger partial charge in [-0.1, -0.05) is 41.9 Å². The Bertz CT molecular complexity index is 1170. The molecule has 0 unspecified atom stereocenters. The molecule has 0 aliphatic carbocycles. The number of hydrogen-bond acceptors (Lipinski definition) is 3. The predicted molar refractivity (Wildman–Crippen MR) is 108 cm³/mol. The third-order valence-corrected chi connectivity index (χ3v) is 4.68. The van der Waals surface area contributed by atoms with E-state index < -0.39 is 0 Å². The van der Waals surface area contributed by atoms with Crippen LogP contribution in [0, 0.1) is 6.92 Å². The van der Waals surface area contributed by atoms with E-state index in [9.17, 15) is 4.79 Å². The fourth-order valence-electron chi connectivity index (χ4n) is 2.96. The van der Waals surface area contributed by atoms with Crippen LogP contribution in [0.15, 0.2) is 64.0 Å². The van der Waals surface area contributed by atoms with Crippen molar-refractivity contribution in [2.75, 3.05) is 0 Å². The van der Waals surface area contributed by atoms with Gasteiger partial charge in [0.15, 0.2) is 5.43 Å². The number of nitrogens with zero attached hydrogens (tertiary/aromatic N) is 2. The third-order valence-electron chi connectivity index (χ3n) is 4.06. The molecular formula is C20H13BrClN3O. The first-order valence-electron chi connectivity index (χ1n) is 7.95. The van der Waals surface area contributed by atoms with Crippen molar-refractivity contribution in [2.45, 2.75) is 6.92 Å². The Hall–Kier alpha value is -2.50. The molecule has 1 N–H and O–H groups in total. The van der Waals surface area contributed by atoms with E-state index in [1.165, 1.54) is 6.07 Å². The molecule has 0 radical (unpaired) electrons. The number of benzene rings is 1. The normalized spacial score (nSPS) is 11.0. The quantitative estimate of drug-likeness (QED) is 0.438. The maximum atomic E-state index is 12.4. The van der Waals surface area contributed by atoms with Crippen LogP contribution >= 0.6 is 27.5 Å². The molecule has 4 rings (SSSR count). The fraction of sp³-hybridized carbons (Fsp3) is 0.0500. The molecule has 6 heteroatoms. The molecule has 128 valence electrons. The molecule has 0 fully saturated rings. The summed E-state index contributed by atoms with van der Waals surface area (Å²) in [5.74, 6) is 0. The first kappa shape index (κ1) is 16.9. The average molecular weight is 427 g/mol. The smallest absolute Gasteiger partial charge is 0.192 e. The van der Waals surface area contributed by atoms with Gasteiger partial charge in [-0.3, -0.25) is 4.79 Å². The Morgan fingerprint density at radius 1 is 1.00 bits per heavy atom. The minimum absolute atomic E-state index is 0.101. The lowest BCUT2D eigenvalue weighted by Crippen LogP contribution is -2.04. The van der Waals surface area contributed by atoms with Crippen molar-refractivity contribution in [3.63, 3.8) is 0 Å². The van der Waals surface area contributed by atoms with Gasteiger partial charge in [0.05, 0.1) is 15.7 Å². The molecule has 4 aromatic rings. The maximum absolute atomic E-state index is 12.4. The molecule has 0 saturated heterocycles. The van der Waals surface area contributed by atoms with Crippen LogP contribution in [0.3, 0.4) is 0 Å². The van der Waals surface area contributed by atoms with E-state index in [-0.39, 0.29) is 5.43 Å². The first-order valence-corrected chi connectivity index (χ1v) is 9.12. The van der Waals surface area contributed by atoms with Gasteiger partial charge in [0.1, 0.15) is 10.8 Å². The average Bonchev–Trinajstić information content (AvgIpc) is 2.60. The topological polar surface area (TPSA) is 58.6 Å². The molecule has 0 aliphatic rings. The number of fused-ring (bicyclic) bond motifs is 1. The monoisotopic (exact) mass is 425 g/mol. The highest BCUT2D eigenvalue weighted by Crippen LogP contribution is 2.33. The third kappa shape index (κ3) is 3.16. The summed E-state index contributed by atoms with van der Waals surface area (Å²) in [6, 6.07) is 16.9. The number of pyridine rings is 3. The standard InChI is InChI=1S/C20H13BrClN3O/c1-11-7-13(8-18(22)23-11)14-9-15-16(26)10-17(21)24-20(15)25-19(14)12-5-3-2-4-6-12/h2-10H,1H3,(H,24,25,26). The maximum Gasteiger partial charge on any atom is 0.192 e. The number of halogens is 2. The highest BCUT2D eigenvalue weighted by molar-refractivity contribution is 9.10. The van der Waals surface area contributed by atoms with Gasteiger partial charge in [0.25, 0.3) is 0 Å². The van der Waals surface area contributed by atoms with Gasteiger partial charge in [-0.15, -0.1) is 0 Å². The molecule has 0 bridgehead atoms. The van der Waals surface area contributed by atoms with Crippen molar-refractivity contribution in [3.05, 3.63) is 80.3 Å². The van der Waals surface area contributed by atoms with Gasteiger partial charge in [-0.05, 0) is 46.6 Å². The van der Waals surface area contributed by atoms with E-state index in [0.717, 1.165) is 28.1 Å². The Balaban J connectivity index is 2.11. The van der Waals surface area contributed by atoms with Crippen LogP contribution in [0.5, 0.6) is 0 Å². The van der Waals surface area contributed by atoms with Gasteiger partial charge in [0.2, 0.25) is 0 Å². The SMILES string of the molecule is Cc1cc(-c2cc3c(=O)cc(Br)[nH]c3nc2-c2ccccc2)cc(Cl)n1. The van der Waals surface area contributed by atoms with Crippen LogP contribution in [-0.2, 0) is 0 Å². The minimum atomic E-state index is -0.101. The summed E-state index contributed by atoms with van der Waals surface area (Å²) in [6.45, 7) is 1.88. The lowest BCUT2D eigenvalue weighted by molar-refractivity contribution is 1.20. The van der Waals surface area contributed by atoms with Crippen LogP contribution < -0.4 is 5.43 Å². The number of nitrogens with one attached hydrogen (secondary N) is 1. The highest BCUT2D eigenvalue weighted by Gasteiger charge is 2.14. The van der Waals surface area contributed by atoms with Gasteiger partial charge in [-0.2, -0.15) is 0 Å². The summed E-state index contributed by atoms with van der Waals surface area (Å²) in [4.78, 5) is 24.5. The van der Waals surface area contributed by atoms with Gasteiger partial charge in [-0.25, -0.2) is 9.97 Å². The predicted octanol–water partition coefficient (Wildman–Crippen LogP) is 5.38. The Morgan fingerprint density at radius 3 is 2.50 bits per heavy atom. The molecule has 0 aliphatic heterocycles. The van der Waals surface area contributed by atoms with E-state index in [4.69, 9.17) is 16.6 Å². The van der Waals surface area contributed by atoms with Crippen LogP contribution in [0.25, 0.3) is 33.4 Å². The van der Waals surface area contributed by atoms with Crippen LogP contribution in [0.4, 0.5) is 0 Å². The summed E-state index contributed by atoms with van der Waals surface area (Å²) >= 11 is 9.49. The second kappa shape index (κ2) is 6.67. The fourth-order valence-corrected chi connectivity index (χ4v) is 3.60. The van der Waals surface area contributed by atoms with Crippen molar-refractivity contribution in [1.82, 2.24) is 15.0 Å².